The van der Waals surface area contributed by atoms with Gasteiger partial charge in [0.15, 0.2) is 0 Å². The molecule has 0 bridgehead atoms. The molecule has 19 nitrogen and oxygen atoms in total. The first kappa shape index (κ1) is 68.2. The minimum Gasteiger partial charge on any atom is -0.478 e. The van der Waals surface area contributed by atoms with Crippen LogP contribution in [0.25, 0.3) is 0 Å². The van der Waals surface area contributed by atoms with Gasteiger partial charge in [-0.2, -0.15) is 0 Å². The summed E-state index contributed by atoms with van der Waals surface area (Å²) < 4.78 is 0. The van der Waals surface area contributed by atoms with Gasteiger partial charge in [-0.1, -0.05) is 176 Å². The number of aromatic carboxylic acids is 2. The van der Waals surface area contributed by atoms with E-state index in [1.807, 2.05) is 61.5 Å². The molecule has 7 rings (SSSR count). The number of carboxylic acid groups (broad SMARTS) is 2. The Bertz CT molecular complexity index is 3600. The van der Waals surface area contributed by atoms with Crippen LogP contribution in [0.15, 0.2) is 200 Å². The van der Waals surface area contributed by atoms with Gasteiger partial charge in [0.2, 0.25) is 41.4 Å². The third-order valence-corrected chi connectivity index (χ3v) is 16.8. The summed E-state index contributed by atoms with van der Waals surface area (Å²) in [6.07, 6.45) is 0. The second kappa shape index (κ2) is 32.3. The number of primary amides is 1. The van der Waals surface area contributed by atoms with Crippen LogP contribution in [0.5, 0.6) is 0 Å². The van der Waals surface area contributed by atoms with Crippen molar-refractivity contribution in [2.75, 3.05) is 45.8 Å². The van der Waals surface area contributed by atoms with Crippen molar-refractivity contribution < 1.29 is 53.4 Å². The van der Waals surface area contributed by atoms with E-state index < -0.39 is 129 Å². The molecule has 7 amide bonds. The van der Waals surface area contributed by atoms with Crippen molar-refractivity contribution in [2.45, 2.75) is 90.8 Å². The van der Waals surface area contributed by atoms with Crippen LogP contribution in [0.4, 0.5) is 0 Å². The number of rotatable bonds is 30. The van der Waals surface area contributed by atoms with Crippen LogP contribution < -0.4 is 11.1 Å². The van der Waals surface area contributed by atoms with Crippen molar-refractivity contribution >= 4 is 53.3 Å². The van der Waals surface area contributed by atoms with Gasteiger partial charge >= 0.3 is 11.9 Å². The molecule has 0 aliphatic heterocycles. The van der Waals surface area contributed by atoms with Crippen LogP contribution in [0.3, 0.4) is 0 Å². The third-order valence-electron chi connectivity index (χ3n) is 16.8. The lowest BCUT2D eigenvalue weighted by Gasteiger charge is -2.38. The molecule has 0 radical (unpaired) electrons. The molecule has 0 fully saturated rings. The second-order valence-electron chi connectivity index (χ2n) is 22.7. The monoisotopic (exact) mass is 1230 g/mol. The Morgan fingerprint density at radius 1 is 0.308 bits per heavy atom. The van der Waals surface area contributed by atoms with E-state index in [9.17, 15) is 34.2 Å². The van der Waals surface area contributed by atoms with Gasteiger partial charge in [-0.15, -0.1) is 0 Å². The van der Waals surface area contributed by atoms with Crippen molar-refractivity contribution in [3.63, 3.8) is 0 Å². The van der Waals surface area contributed by atoms with E-state index in [2.05, 4.69) is 5.32 Å². The third kappa shape index (κ3) is 18.2. The van der Waals surface area contributed by atoms with Crippen LogP contribution in [0.1, 0.15) is 150 Å². The van der Waals surface area contributed by atoms with Crippen molar-refractivity contribution in [1.82, 2.24) is 34.7 Å². The number of benzene rings is 7. The van der Waals surface area contributed by atoms with E-state index >= 15 is 19.2 Å². The molecular weight excluding hydrogens is 1150 g/mol. The van der Waals surface area contributed by atoms with E-state index in [1.54, 1.807) is 151 Å². The van der Waals surface area contributed by atoms with Gasteiger partial charge in [-0.05, 0) is 112 Å². The van der Waals surface area contributed by atoms with E-state index in [4.69, 9.17) is 5.73 Å². The molecule has 0 aliphatic carbocycles. The smallest absolute Gasteiger partial charge is 0.335 e. The summed E-state index contributed by atoms with van der Waals surface area (Å²) in [6, 6.07) is 52.2. The highest BCUT2D eigenvalue weighted by atomic mass is 16.4. The summed E-state index contributed by atoms with van der Waals surface area (Å²) in [6.45, 7) is 8.62. The number of carbonyl (C=O) groups is 9. The minimum absolute atomic E-state index is 0.0283. The average molecular weight is 1230 g/mol. The second-order valence-corrected chi connectivity index (χ2v) is 22.7. The zero-order chi connectivity index (χ0) is 65.9. The van der Waals surface area contributed by atoms with Crippen LogP contribution in [-0.2, 0) is 33.6 Å². The lowest BCUT2D eigenvalue weighted by atomic mass is 10.0. The maximum Gasteiger partial charge on any atom is 0.335 e. The molecule has 0 saturated heterocycles. The highest BCUT2D eigenvalue weighted by Gasteiger charge is 2.37. The molecule has 7 aromatic rings. The molecule has 7 atom stereocenters. The lowest BCUT2D eigenvalue weighted by Crippen LogP contribution is -2.53. The van der Waals surface area contributed by atoms with Crippen LogP contribution in [0, 0.1) is 0 Å². The summed E-state index contributed by atoms with van der Waals surface area (Å²) in [5.41, 5.74) is 10.3. The highest BCUT2D eigenvalue weighted by Crippen LogP contribution is 2.30. The Morgan fingerprint density at radius 3 is 0.747 bits per heavy atom. The number of hydrogen-bond acceptors (Lipinski definition) is 10. The zero-order valence-electron chi connectivity index (χ0n) is 52.4. The van der Waals surface area contributed by atoms with E-state index in [0.717, 1.165) is 5.56 Å². The number of nitrogens with two attached hydrogens (primary N) is 1. The van der Waals surface area contributed by atoms with Crippen LogP contribution >= 0.6 is 0 Å². The Balaban J connectivity index is 1.27. The van der Waals surface area contributed by atoms with Gasteiger partial charge in [-0.3, -0.25) is 33.6 Å². The SMILES string of the molecule is C[C@H](NCC(=O)N(CC(=O)N(CC(=O)N(CC(=O)N(CC(=O)N(CC(=O)N(CC(N)=O)[C@@H](C)c1ccccc1)[C@@H](C)c1ccccc1)[C@@H](C)c1ccc(C(=O)O)cc1)[C@@H](C)c1ccccc1)[C@@H](C)c1ccccc1)[C@@H](C)c1ccc(C(=O)O)cc1)c1ccccc1. The van der Waals surface area contributed by atoms with Gasteiger partial charge in [0.25, 0.3) is 0 Å². The summed E-state index contributed by atoms with van der Waals surface area (Å²) >= 11 is 0. The number of nitrogens with zero attached hydrogens (tertiary/aromatic N) is 6. The largest absolute Gasteiger partial charge is 0.478 e. The Labute approximate surface area is 531 Å². The van der Waals surface area contributed by atoms with Gasteiger partial charge in [0.1, 0.15) is 32.7 Å². The number of amides is 7. The van der Waals surface area contributed by atoms with Crippen molar-refractivity contribution in [1.29, 1.82) is 0 Å². The molecule has 0 unspecified atom stereocenters. The van der Waals surface area contributed by atoms with Crippen molar-refractivity contribution in [3.05, 3.63) is 250 Å². The molecule has 7 aromatic carbocycles. The molecule has 5 N–H and O–H groups in total. The zero-order valence-corrected chi connectivity index (χ0v) is 52.4. The predicted molar refractivity (Wildman–Crippen MR) is 345 cm³/mol. The highest BCUT2D eigenvalue weighted by molar-refractivity contribution is 5.94. The first-order chi connectivity index (χ1) is 43.5. The fraction of sp³-hybridized carbons (Fsp3) is 0.292. The fourth-order valence-corrected chi connectivity index (χ4v) is 11.0. The van der Waals surface area contributed by atoms with Crippen LogP contribution in [-0.4, -0.2) is 139 Å². The quantitative estimate of drug-likeness (QED) is 0.0328. The van der Waals surface area contributed by atoms with Crippen molar-refractivity contribution in [2.24, 2.45) is 5.73 Å². The van der Waals surface area contributed by atoms with Crippen molar-refractivity contribution in [3.8, 4) is 0 Å². The molecule has 0 aliphatic rings. The normalized spacial score (nSPS) is 13.4. The lowest BCUT2D eigenvalue weighted by molar-refractivity contribution is -0.152. The molecule has 474 valence electrons. The number of hydrogen-bond donors (Lipinski definition) is 4. The molecule has 0 aromatic heterocycles. The molecule has 19 heteroatoms. The maximum atomic E-state index is 15.7. The van der Waals surface area contributed by atoms with Gasteiger partial charge in [0.05, 0.1) is 60.5 Å². The molecule has 0 heterocycles. The first-order valence-corrected chi connectivity index (χ1v) is 30.2. The van der Waals surface area contributed by atoms with E-state index in [1.165, 1.54) is 65.8 Å². The maximum absolute atomic E-state index is 15.7. The standard InChI is InChI=1S/C72H80N8O11/c1-48(55-23-13-8-14-24-55)74-41-65(82)76(53(6)60-33-37-62(38-34-60)71(88)89)43-67(84)78(51(4)58-29-19-11-20-30-58)45-68(85)79(52(5)59-31-21-12-22-32-59)46-70(87)80(54(7)61-35-39-63(40-36-61)72(90)91)47-69(86)77(50(3)57-27-17-10-18-28-57)44-66(83)75(42-64(73)81)49(2)56-25-15-9-16-26-56/h8-40,48-54,74H,41-47H2,1-7H3,(H2,73,81)(H,88,89)(H,90,91)/t48-,49-,50-,51-,52-,53-,54-/m0/s1. The molecular formula is C72H80N8O11. The number of carboxylic acids is 2. The topological polar surface area (TPSA) is 252 Å². The van der Waals surface area contributed by atoms with Crippen LogP contribution in [0.2, 0.25) is 0 Å². The summed E-state index contributed by atoms with van der Waals surface area (Å²) in [4.78, 5) is 136. The molecule has 91 heavy (non-hydrogen) atoms. The van der Waals surface area contributed by atoms with Gasteiger partial charge < -0.3 is 50.7 Å². The Morgan fingerprint density at radius 2 is 0.516 bits per heavy atom. The first-order valence-electron chi connectivity index (χ1n) is 30.2. The average Bonchev–Trinajstić information content (AvgIpc) is 1.61. The number of carbonyl (C=O) groups excluding carboxylic acids is 7. The summed E-state index contributed by atoms with van der Waals surface area (Å²) in [5, 5.41) is 22.9. The predicted octanol–water partition coefficient (Wildman–Crippen LogP) is 9.76. The Hall–Kier alpha value is -10.3. The van der Waals surface area contributed by atoms with Gasteiger partial charge in [0, 0.05) is 6.04 Å². The molecule has 0 saturated carbocycles. The fourth-order valence-electron chi connectivity index (χ4n) is 11.0. The molecule has 0 spiro atoms. The minimum atomic E-state index is -1.19. The Kier molecular flexibility index (Phi) is 24.2. The van der Waals surface area contributed by atoms with E-state index in [0.29, 0.717) is 33.4 Å². The summed E-state index contributed by atoms with van der Waals surface area (Å²) in [7, 11) is 0. The number of nitrogens with one attached hydrogen (secondary N) is 1. The van der Waals surface area contributed by atoms with Gasteiger partial charge in [-0.25, -0.2) is 9.59 Å². The van der Waals surface area contributed by atoms with E-state index in [-0.39, 0.29) is 23.7 Å². The summed E-state index contributed by atoms with van der Waals surface area (Å²) in [5.74, 6) is -6.87.